The number of carbonyl (C=O) groups excluding carboxylic acids is 1. The molecule has 1 aromatic rings. The van der Waals surface area contributed by atoms with Gasteiger partial charge in [0.2, 0.25) is 5.91 Å². The summed E-state index contributed by atoms with van der Waals surface area (Å²) in [5, 5.41) is 14.2. The lowest BCUT2D eigenvalue weighted by Crippen LogP contribution is -2.29. The number of carbonyl (C=O) groups is 1. The van der Waals surface area contributed by atoms with E-state index in [0.29, 0.717) is 19.5 Å². The molecule has 0 aromatic carbocycles. The summed E-state index contributed by atoms with van der Waals surface area (Å²) in [6, 6.07) is 1.94. The van der Waals surface area contributed by atoms with E-state index < -0.39 is 0 Å². The van der Waals surface area contributed by atoms with Crippen LogP contribution < -0.4 is 15.5 Å². The maximum Gasteiger partial charge on any atom is 0.220 e. The lowest BCUT2D eigenvalue weighted by atomic mass is 9.86. The van der Waals surface area contributed by atoms with E-state index in [4.69, 9.17) is 0 Å². The molecule has 0 unspecified atom stereocenters. The van der Waals surface area contributed by atoms with Gasteiger partial charge in [0.15, 0.2) is 5.82 Å². The maximum atomic E-state index is 11.9. The number of hydrogen-bond acceptors (Lipinski definition) is 5. The second-order valence-electron chi connectivity index (χ2n) is 6.51. The van der Waals surface area contributed by atoms with Crippen molar-refractivity contribution < 1.29 is 4.79 Å². The van der Waals surface area contributed by atoms with Crippen LogP contribution in [0.4, 0.5) is 11.5 Å². The molecule has 0 aliphatic heterocycles. The number of amides is 1. The fourth-order valence-electron chi connectivity index (χ4n) is 2.98. The molecule has 128 valence electrons. The molecule has 1 heterocycles. The van der Waals surface area contributed by atoms with Crippen LogP contribution in [-0.2, 0) is 4.79 Å². The predicted molar refractivity (Wildman–Crippen MR) is 93.7 cm³/mol. The fraction of sp³-hybridized carbons (Fsp3) is 0.706. The Morgan fingerprint density at radius 3 is 2.78 bits per heavy atom. The Bertz CT molecular complexity index is 486. The minimum Gasteiger partial charge on any atom is -0.376 e. The largest absolute Gasteiger partial charge is 0.376 e. The molecule has 2 rings (SSSR count). The lowest BCUT2D eigenvalue weighted by molar-refractivity contribution is -0.121. The van der Waals surface area contributed by atoms with Gasteiger partial charge in [-0.05, 0) is 12.3 Å². The van der Waals surface area contributed by atoms with E-state index in [1.54, 1.807) is 6.20 Å². The van der Waals surface area contributed by atoms with E-state index in [9.17, 15) is 4.79 Å². The maximum absolute atomic E-state index is 11.9. The highest BCUT2D eigenvalue weighted by Crippen LogP contribution is 2.27. The van der Waals surface area contributed by atoms with Gasteiger partial charge in [-0.2, -0.15) is 5.10 Å². The highest BCUT2D eigenvalue weighted by Gasteiger charge is 2.14. The van der Waals surface area contributed by atoms with Crippen LogP contribution in [0.15, 0.2) is 12.3 Å². The van der Waals surface area contributed by atoms with E-state index in [2.05, 4.69) is 20.8 Å². The highest BCUT2D eigenvalue weighted by atomic mass is 16.1. The Balaban J connectivity index is 1.59. The number of aromatic nitrogens is 2. The Labute approximate surface area is 139 Å². The van der Waals surface area contributed by atoms with Crippen LogP contribution in [0, 0.1) is 5.92 Å². The van der Waals surface area contributed by atoms with Gasteiger partial charge < -0.3 is 15.5 Å². The summed E-state index contributed by atoms with van der Waals surface area (Å²) >= 11 is 0. The fourth-order valence-corrected chi connectivity index (χ4v) is 2.98. The number of hydrogen-bond donors (Lipinski definition) is 2. The van der Waals surface area contributed by atoms with Crippen LogP contribution in [-0.4, -0.2) is 43.3 Å². The molecule has 1 saturated carbocycles. The molecule has 0 spiro atoms. The van der Waals surface area contributed by atoms with Crippen LogP contribution in [0.25, 0.3) is 0 Å². The summed E-state index contributed by atoms with van der Waals surface area (Å²) in [6.45, 7) is 1.26. The van der Waals surface area contributed by atoms with Gasteiger partial charge in [-0.1, -0.05) is 32.1 Å². The molecule has 0 atom stereocenters. The van der Waals surface area contributed by atoms with E-state index >= 15 is 0 Å². The van der Waals surface area contributed by atoms with Gasteiger partial charge in [0.25, 0.3) is 0 Å². The Morgan fingerprint density at radius 1 is 1.26 bits per heavy atom. The van der Waals surface area contributed by atoms with Gasteiger partial charge >= 0.3 is 0 Å². The van der Waals surface area contributed by atoms with Crippen LogP contribution in [0.5, 0.6) is 0 Å². The zero-order chi connectivity index (χ0) is 16.5. The van der Waals surface area contributed by atoms with Crippen molar-refractivity contribution in [2.75, 3.05) is 37.4 Å². The van der Waals surface area contributed by atoms with Crippen molar-refractivity contribution >= 4 is 17.4 Å². The first-order valence-electron chi connectivity index (χ1n) is 8.66. The molecule has 0 bridgehead atoms. The van der Waals surface area contributed by atoms with Crippen molar-refractivity contribution in [3.05, 3.63) is 12.3 Å². The van der Waals surface area contributed by atoms with Crippen LogP contribution >= 0.6 is 0 Å². The van der Waals surface area contributed by atoms with Gasteiger partial charge in [0, 0.05) is 39.7 Å². The van der Waals surface area contributed by atoms with E-state index in [1.807, 2.05) is 25.1 Å². The molecule has 6 nitrogen and oxygen atoms in total. The molecule has 1 amide bonds. The van der Waals surface area contributed by atoms with E-state index in [-0.39, 0.29) is 5.91 Å². The Morgan fingerprint density at radius 2 is 2.04 bits per heavy atom. The van der Waals surface area contributed by atoms with Crippen molar-refractivity contribution in [2.45, 2.75) is 44.9 Å². The second kappa shape index (κ2) is 9.33. The van der Waals surface area contributed by atoms with Crippen molar-refractivity contribution in [1.29, 1.82) is 0 Å². The second-order valence-corrected chi connectivity index (χ2v) is 6.51. The summed E-state index contributed by atoms with van der Waals surface area (Å²) in [7, 11) is 3.93. The quantitative estimate of drug-likeness (QED) is 0.720. The molecular formula is C17H29N5O. The molecule has 0 radical (unpaired) electrons. The predicted octanol–water partition coefficient (Wildman–Crippen LogP) is 2.43. The monoisotopic (exact) mass is 319 g/mol. The molecule has 2 N–H and O–H groups in total. The minimum atomic E-state index is 0.158. The Hall–Kier alpha value is -1.85. The number of rotatable bonds is 8. The molecule has 23 heavy (non-hydrogen) atoms. The summed E-state index contributed by atoms with van der Waals surface area (Å²) in [4.78, 5) is 13.8. The molecule has 0 saturated heterocycles. The first-order chi connectivity index (χ1) is 11.1. The molecule has 6 heteroatoms. The summed E-state index contributed by atoms with van der Waals surface area (Å²) in [5.74, 6) is 1.65. The van der Waals surface area contributed by atoms with Crippen LogP contribution in [0.2, 0.25) is 0 Å². The van der Waals surface area contributed by atoms with Gasteiger partial charge in [0.05, 0.1) is 11.9 Å². The van der Waals surface area contributed by atoms with Crippen molar-refractivity contribution in [3.8, 4) is 0 Å². The minimum absolute atomic E-state index is 0.158. The average Bonchev–Trinajstić information content (AvgIpc) is 2.58. The highest BCUT2D eigenvalue weighted by molar-refractivity contribution is 5.75. The van der Waals surface area contributed by atoms with Crippen molar-refractivity contribution in [1.82, 2.24) is 15.5 Å². The average molecular weight is 319 g/mol. The van der Waals surface area contributed by atoms with Crippen molar-refractivity contribution in [2.24, 2.45) is 5.92 Å². The van der Waals surface area contributed by atoms with Gasteiger partial charge in [-0.25, -0.2) is 0 Å². The molecule has 1 aliphatic rings. The van der Waals surface area contributed by atoms with Gasteiger partial charge in [-0.3, -0.25) is 4.79 Å². The number of nitrogens with one attached hydrogen (secondary N) is 2. The standard InChI is InChI=1S/C17H29N5O/c1-22(2)15-12-16(21-20-13-15)18-10-11-19-17(23)9-8-14-6-4-3-5-7-14/h12-14H,3-11H2,1-2H3,(H,18,21)(H,19,23). The first kappa shape index (κ1) is 17.5. The van der Waals surface area contributed by atoms with Gasteiger partial charge in [0.1, 0.15) is 0 Å². The molecule has 1 aromatic heterocycles. The van der Waals surface area contributed by atoms with E-state index in [1.165, 1.54) is 32.1 Å². The van der Waals surface area contributed by atoms with Gasteiger partial charge in [-0.15, -0.1) is 5.10 Å². The smallest absolute Gasteiger partial charge is 0.220 e. The summed E-state index contributed by atoms with van der Waals surface area (Å²) < 4.78 is 0. The third-order valence-corrected chi connectivity index (χ3v) is 4.41. The van der Waals surface area contributed by atoms with Crippen LogP contribution in [0.3, 0.4) is 0 Å². The first-order valence-corrected chi connectivity index (χ1v) is 8.66. The van der Waals surface area contributed by atoms with E-state index in [0.717, 1.165) is 23.8 Å². The summed E-state index contributed by atoms with van der Waals surface area (Å²) in [5.41, 5.74) is 0.999. The number of nitrogens with zero attached hydrogens (tertiary/aromatic N) is 3. The third kappa shape index (κ3) is 6.42. The lowest BCUT2D eigenvalue weighted by Gasteiger charge is -2.21. The molecular weight excluding hydrogens is 290 g/mol. The molecule has 1 fully saturated rings. The normalized spacial score (nSPS) is 15.2. The molecule has 1 aliphatic carbocycles. The summed E-state index contributed by atoms with van der Waals surface area (Å²) in [6.07, 6.45) is 10.1. The topological polar surface area (TPSA) is 70.2 Å². The SMILES string of the molecule is CN(C)c1cnnc(NCCNC(=O)CCC2CCCCC2)c1. The Kier molecular flexibility index (Phi) is 7.10. The zero-order valence-corrected chi connectivity index (χ0v) is 14.3. The number of anilines is 2. The van der Waals surface area contributed by atoms with Crippen molar-refractivity contribution in [3.63, 3.8) is 0 Å². The zero-order valence-electron chi connectivity index (χ0n) is 14.3. The van der Waals surface area contributed by atoms with Crippen LogP contribution in [0.1, 0.15) is 44.9 Å². The third-order valence-electron chi connectivity index (χ3n) is 4.41.